The highest BCUT2D eigenvalue weighted by Crippen LogP contribution is 2.33. The van der Waals surface area contributed by atoms with Crippen LogP contribution in [0.1, 0.15) is 84.6 Å². The van der Waals surface area contributed by atoms with E-state index in [0.29, 0.717) is 34.6 Å². The standard InChI is InChI=1S/C31H35N7O3/c1-19-26-17-34-31(36-29(26)38(24-5-3-4-6-24)30(41)28(19)20(2)40)35-27-10-7-22(15-33-27)21-11-13-37(14-12-21)25-9-8-23(18-39)32-16-25/h7-10,15-17,21,24,39H,3-6,11-14,18H2,1-2H3,(H,33,34,35,36). The predicted molar refractivity (Wildman–Crippen MR) is 158 cm³/mol. The Morgan fingerprint density at radius 3 is 2.41 bits per heavy atom. The van der Waals surface area contributed by atoms with Crippen LogP contribution in [-0.2, 0) is 6.61 Å². The molecule has 41 heavy (non-hydrogen) atoms. The number of ketones is 1. The molecule has 6 rings (SSSR count). The number of nitrogens with one attached hydrogen (secondary N) is 1. The second-order valence-corrected chi connectivity index (χ2v) is 11.1. The fraction of sp³-hybridized carbons (Fsp3) is 0.419. The van der Waals surface area contributed by atoms with Gasteiger partial charge in [0, 0.05) is 36.9 Å². The first kappa shape index (κ1) is 27.0. The second-order valence-electron chi connectivity index (χ2n) is 11.1. The van der Waals surface area contributed by atoms with Crippen LogP contribution in [0.15, 0.2) is 47.7 Å². The maximum Gasteiger partial charge on any atom is 0.263 e. The molecular formula is C31H35N7O3. The number of aliphatic hydroxyl groups excluding tert-OH is 1. The normalized spacial score (nSPS) is 16.4. The van der Waals surface area contributed by atoms with Crippen LogP contribution >= 0.6 is 0 Å². The molecule has 1 aliphatic heterocycles. The molecule has 0 bridgehead atoms. The van der Waals surface area contributed by atoms with Gasteiger partial charge in [0.05, 0.1) is 29.7 Å². The zero-order valence-corrected chi connectivity index (χ0v) is 23.5. The number of fused-ring (bicyclic) bond motifs is 1. The van der Waals surface area contributed by atoms with Gasteiger partial charge in [0.2, 0.25) is 5.95 Å². The lowest BCUT2D eigenvalue weighted by molar-refractivity contribution is 0.101. The molecule has 0 amide bonds. The van der Waals surface area contributed by atoms with Crippen LogP contribution in [0.5, 0.6) is 0 Å². The molecule has 0 aromatic carbocycles. The van der Waals surface area contributed by atoms with Crippen LogP contribution < -0.4 is 15.8 Å². The number of Topliss-reactive ketones (excluding diaryl/α,β-unsaturated/α-hetero) is 1. The van der Waals surface area contributed by atoms with E-state index in [2.05, 4.69) is 31.2 Å². The third kappa shape index (κ3) is 5.31. The summed E-state index contributed by atoms with van der Waals surface area (Å²) >= 11 is 0. The Hall–Kier alpha value is -4.18. The van der Waals surface area contributed by atoms with Gasteiger partial charge < -0.3 is 15.3 Å². The van der Waals surface area contributed by atoms with E-state index in [9.17, 15) is 14.7 Å². The molecule has 2 fully saturated rings. The molecule has 1 aliphatic carbocycles. The topological polar surface area (TPSA) is 126 Å². The van der Waals surface area contributed by atoms with E-state index in [4.69, 9.17) is 4.98 Å². The number of hydrogen-bond acceptors (Lipinski definition) is 9. The number of aliphatic hydroxyl groups is 1. The number of aromatic nitrogens is 5. The summed E-state index contributed by atoms with van der Waals surface area (Å²) in [5.74, 6) is 1.20. The largest absolute Gasteiger partial charge is 0.390 e. The number of nitrogens with zero attached hydrogens (tertiary/aromatic N) is 6. The average molecular weight is 554 g/mol. The predicted octanol–water partition coefficient (Wildman–Crippen LogP) is 4.83. The number of aryl methyl sites for hydroxylation is 1. The molecule has 0 radical (unpaired) electrons. The van der Waals surface area contributed by atoms with E-state index >= 15 is 0 Å². The lowest BCUT2D eigenvalue weighted by Crippen LogP contribution is -2.33. The van der Waals surface area contributed by atoms with Gasteiger partial charge in [-0.2, -0.15) is 4.98 Å². The van der Waals surface area contributed by atoms with E-state index in [1.54, 1.807) is 17.7 Å². The van der Waals surface area contributed by atoms with Crippen LogP contribution in [0, 0.1) is 6.92 Å². The smallest absolute Gasteiger partial charge is 0.263 e. The quantitative estimate of drug-likeness (QED) is 0.310. The van der Waals surface area contributed by atoms with Crippen molar-refractivity contribution in [2.45, 2.75) is 70.9 Å². The van der Waals surface area contributed by atoms with Crippen LogP contribution in [-0.4, -0.2) is 48.5 Å². The summed E-state index contributed by atoms with van der Waals surface area (Å²) in [6, 6.07) is 7.97. The van der Waals surface area contributed by atoms with Crippen molar-refractivity contribution in [3.05, 3.63) is 75.6 Å². The molecular weight excluding hydrogens is 518 g/mol. The SMILES string of the molecule is CC(=O)c1c(C)c2cnc(Nc3ccc(C4CCN(c5ccc(CO)nc5)CC4)cn3)nc2n(C2CCCC2)c1=O. The highest BCUT2D eigenvalue weighted by atomic mass is 16.3. The first-order chi connectivity index (χ1) is 19.9. The van der Waals surface area contributed by atoms with Crippen LogP contribution in [0.3, 0.4) is 0 Å². The van der Waals surface area contributed by atoms with Gasteiger partial charge in [-0.3, -0.25) is 19.1 Å². The third-order valence-electron chi connectivity index (χ3n) is 8.58. The summed E-state index contributed by atoms with van der Waals surface area (Å²) in [6.45, 7) is 5.06. The van der Waals surface area contributed by atoms with Crippen molar-refractivity contribution in [1.29, 1.82) is 0 Å². The molecule has 212 valence electrons. The van der Waals surface area contributed by atoms with Gasteiger partial charge in [-0.25, -0.2) is 9.97 Å². The third-order valence-corrected chi connectivity index (χ3v) is 8.58. The molecule has 10 heteroatoms. The molecule has 5 heterocycles. The molecule has 0 spiro atoms. The monoisotopic (exact) mass is 553 g/mol. The first-order valence-corrected chi connectivity index (χ1v) is 14.4. The summed E-state index contributed by atoms with van der Waals surface area (Å²) < 4.78 is 1.72. The zero-order valence-electron chi connectivity index (χ0n) is 23.5. The van der Waals surface area contributed by atoms with Gasteiger partial charge in [-0.1, -0.05) is 18.9 Å². The Balaban J connectivity index is 1.19. The summed E-state index contributed by atoms with van der Waals surface area (Å²) in [4.78, 5) is 46.4. The number of pyridine rings is 3. The van der Waals surface area contributed by atoms with E-state index in [1.807, 2.05) is 30.6 Å². The molecule has 10 nitrogen and oxygen atoms in total. The summed E-state index contributed by atoms with van der Waals surface area (Å²) in [7, 11) is 0. The van der Waals surface area contributed by atoms with Gasteiger partial charge in [-0.15, -0.1) is 0 Å². The molecule has 4 aromatic rings. The minimum absolute atomic E-state index is 0.0337. The molecule has 2 aliphatic rings. The van der Waals surface area contributed by atoms with E-state index in [0.717, 1.165) is 62.7 Å². The van der Waals surface area contributed by atoms with Gasteiger partial charge in [0.1, 0.15) is 11.5 Å². The Kier molecular flexibility index (Phi) is 7.49. The maximum atomic E-state index is 13.5. The Bertz CT molecular complexity index is 1620. The minimum atomic E-state index is -0.258. The van der Waals surface area contributed by atoms with Gasteiger partial charge in [-0.05, 0) is 74.8 Å². The van der Waals surface area contributed by atoms with E-state index in [1.165, 1.54) is 12.5 Å². The summed E-state index contributed by atoms with van der Waals surface area (Å²) in [5.41, 5.74) is 4.12. The number of hydrogen-bond donors (Lipinski definition) is 2. The van der Waals surface area contributed by atoms with Crippen molar-refractivity contribution in [2.75, 3.05) is 23.3 Å². The van der Waals surface area contributed by atoms with Crippen LogP contribution in [0.4, 0.5) is 17.5 Å². The second kappa shape index (κ2) is 11.4. The molecule has 0 unspecified atom stereocenters. The van der Waals surface area contributed by atoms with Crippen molar-refractivity contribution < 1.29 is 9.90 Å². The molecule has 1 saturated heterocycles. The van der Waals surface area contributed by atoms with Crippen molar-refractivity contribution >= 4 is 34.3 Å². The average Bonchev–Trinajstić information content (AvgIpc) is 3.52. The minimum Gasteiger partial charge on any atom is -0.390 e. The van der Waals surface area contributed by atoms with E-state index < -0.39 is 0 Å². The molecule has 2 N–H and O–H groups in total. The number of anilines is 3. The number of rotatable bonds is 7. The molecule has 1 saturated carbocycles. The van der Waals surface area contributed by atoms with Gasteiger partial charge in [0.15, 0.2) is 5.78 Å². The summed E-state index contributed by atoms with van der Waals surface area (Å²) in [6.07, 6.45) is 11.4. The highest BCUT2D eigenvalue weighted by Gasteiger charge is 2.26. The van der Waals surface area contributed by atoms with Gasteiger partial charge in [0.25, 0.3) is 5.56 Å². The van der Waals surface area contributed by atoms with Crippen molar-refractivity contribution in [2.24, 2.45) is 0 Å². The Morgan fingerprint density at radius 2 is 1.78 bits per heavy atom. The van der Waals surface area contributed by atoms with Crippen molar-refractivity contribution in [3.8, 4) is 0 Å². The summed E-state index contributed by atoms with van der Waals surface area (Å²) in [5, 5.41) is 13.2. The highest BCUT2D eigenvalue weighted by molar-refractivity contribution is 5.99. The fourth-order valence-corrected chi connectivity index (χ4v) is 6.31. The Labute approximate surface area is 238 Å². The zero-order chi connectivity index (χ0) is 28.5. The van der Waals surface area contributed by atoms with Crippen LogP contribution in [0.25, 0.3) is 11.0 Å². The number of piperidine rings is 1. The fourth-order valence-electron chi connectivity index (χ4n) is 6.31. The van der Waals surface area contributed by atoms with E-state index in [-0.39, 0.29) is 29.6 Å². The van der Waals surface area contributed by atoms with Gasteiger partial charge >= 0.3 is 0 Å². The lowest BCUT2D eigenvalue weighted by atomic mass is 9.90. The van der Waals surface area contributed by atoms with Crippen molar-refractivity contribution in [3.63, 3.8) is 0 Å². The number of carbonyl (C=O) groups excluding carboxylic acids is 1. The first-order valence-electron chi connectivity index (χ1n) is 14.4. The molecule has 0 atom stereocenters. The van der Waals surface area contributed by atoms with Crippen molar-refractivity contribution in [1.82, 2.24) is 24.5 Å². The van der Waals surface area contributed by atoms with Crippen LogP contribution in [0.2, 0.25) is 0 Å². The maximum absolute atomic E-state index is 13.5. The number of carbonyl (C=O) groups is 1. The lowest BCUT2D eigenvalue weighted by Gasteiger charge is -2.33. The molecule has 4 aromatic heterocycles. The Morgan fingerprint density at radius 1 is 1.00 bits per heavy atom.